The number of hydrogen-bond acceptors (Lipinski definition) is 6. The van der Waals surface area contributed by atoms with Gasteiger partial charge < -0.3 is 14.2 Å². The summed E-state index contributed by atoms with van der Waals surface area (Å²) >= 11 is 8.13. The van der Waals surface area contributed by atoms with Crippen molar-refractivity contribution in [1.82, 2.24) is 9.97 Å². The minimum Gasteiger partial charge on any atom is -0.496 e. The van der Waals surface area contributed by atoms with E-state index in [1.165, 1.54) is 0 Å². The molecule has 0 unspecified atom stereocenters. The highest BCUT2D eigenvalue weighted by molar-refractivity contribution is 7.13. The molecule has 3 aromatic rings. The lowest BCUT2D eigenvalue weighted by molar-refractivity contribution is 0.146. The van der Waals surface area contributed by atoms with Crippen molar-refractivity contribution in [2.75, 3.05) is 27.4 Å². The van der Waals surface area contributed by atoms with E-state index in [4.69, 9.17) is 30.8 Å². The third kappa shape index (κ3) is 3.77. The van der Waals surface area contributed by atoms with Crippen LogP contribution in [0.5, 0.6) is 11.5 Å². The average Bonchev–Trinajstić information content (AvgIpc) is 3.13. The number of hydrogen-bond donors (Lipinski definition) is 0. The average molecular weight is 393 g/mol. The van der Waals surface area contributed by atoms with Gasteiger partial charge in [-0.05, 0) is 18.1 Å². The molecular weight excluding hydrogens is 372 g/mol. The number of pyridine rings is 1. The molecule has 0 N–H and O–H groups in total. The minimum absolute atomic E-state index is 0.367. The van der Waals surface area contributed by atoms with E-state index in [9.17, 15) is 0 Å². The van der Waals surface area contributed by atoms with Gasteiger partial charge in [0.15, 0.2) is 0 Å². The van der Waals surface area contributed by atoms with Gasteiger partial charge in [-0.1, -0.05) is 25.4 Å². The predicted octanol–water partition coefficient (Wildman–Crippen LogP) is 5.17. The first-order valence-corrected chi connectivity index (χ1v) is 9.55. The first-order chi connectivity index (χ1) is 12.5. The first kappa shape index (κ1) is 18.9. The second-order valence-corrected chi connectivity index (χ2v) is 7.29. The predicted molar refractivity (Wildman–Crippen MR) is 106 cm³/mol. The van der Waals surface area contributed by atoms with E-state index in [-0.39, 0.29) is 0 Å². The fourth-order valence-electron chi connectivity index (χ4n) is 2.50. The second-order valence-electron chi connectivity index (χ2n) is 6.06. The Morgan fingerprint density at radius 3 is 2.58 bits per heavy atom. The third-order valence-electron chi connectivity index (χ3n) is 3.94. The summed E-state index contributed by atoms with van der Waals surface area (Å²) in [5.74, 6) is 1.65. The van der Waals surface area contributed by atoms with Crippen LogP contribution in [0, 0.1) is 0 Å². The Morgan fingerprint density at radius 1 is 1.12 bits per heavy atom. The quantitative estimate of drug-likeness (QED) is 0.519. The smallest absolute Gasteiger partial charge is 0.142 e. The van der Waals surface area contributed by atoms with Crippen molar-refractivity contribution < 1.29 is 14.2 Å². The number of thiazole rings is 1. The summed E-state index contributed by atoms with van der Waals surface area (Å²) in [7, 11) is 3.26. The van der Waals surface area contributed by atoms with Crippen molar-refractivity contribution in [3.8, 4) is 22.2 Å². The SMILES string of the molecule is COCCOc1ccc2c(OC)cc(-c3nc(C(C)C)cs3)nc2c1Cl. The lowest BCUT2D eigenvalue weighted by atomic mass is 10.1. The highest BCUT2D eigenvalue weighted by Crippen LogP contribution is 2.38. The summed E-state index contributed by atoms with van der Waals surface area (Å²) in [6.45, 7) is 5.15. The van der Waals surface area contributed by atoms with Crippen LogP contribution in [0.25, 0.3) is 21.6 Å². The molecule has 0 aliphatic rings. The van der Waals surface area contributed by atoms with Crippen LogP contribution in [0.4, 0.5) is 0 Å². The highest BCUT2D eigenvalue weighted by atomic mass is 35.5. The molecule has 2 aromatic heterocycles. The monoisotopic (exact) mass is 392 g/mol. The van der Waals surface area contributed by atoms with E-state index < -0.39 is 0 Å². The second kappa shape index (κ2) is 8.20. The Balaban J connectivity index is 2.08. The number of methoxy groups -OCH3 is 2. The minimum atomic E-state index is 0.367. The zero-order valence-corrected chi connectivity index (χ0v) is 16.8. The van der Waals surface area contributed by atoms with Crippen molar-refractivity contribution in [2.45, 2.75) is 19.8 Å². The molecule has 0 fully saturated rings. The van der Waals surface area contributed by atoms with Gasteiger partial charge in [-0.15, -0.1) is 11.3 Å². The topological polar surface area (TPSA) is 53.5 Å². The maximum atomic E-state index is 6.56. The Bertz CT molecular complexity index is 911. The molecule has 26 heavy (non-hydrogen) atoms. The van der Waals surface area contributed by atoms with Crippen LogP contribution in [-0.2, 0) is 4.74 Å². The lowest BCUT2D eigenvalue weighted by Gasteiger charge is -2.12. The normalized spacial score (nSPS) is 11.3. The van der Waals surface area contributed by atoms with Crippen LogP contribution in [0.3, 0.4) is 0 Å². The molecule has 1 aromatic carbocycles. The number of benzene rings is 1. The molecular formula is C19H21ClN2O3S. The van der Waals surface area contributed by atoms with Gasteiger partial charge in [0.25, 0.3) is 0 Å². The van der Waals surface area contributed by atoms with E-state index in [2.05, 4.69) is 24.2 Å². The fourth-order valence-corrected chi connectivity index (χ4v) is 3.70. The summed E-state index contributed by atoms with van der Waals surface area (Å²) in [5, 5.41) is 4.19. The molecule has 138 valence electrons. The van der Waals surface area contributed by atoms with Gasteiger partial charge in [0, 0.05) is 23.9 Å². The number of nitrogens with zero attached hydrogens (tertiary/aromatic N) is 2. The van der Waals surface area contributed by atoms with Crippen LogP contribution < -0.4 is 9.47 Å². The fraction of sp³-hybridized carbons (Fsp3) is 0.368. The number of halogens is 1. The van der Waals surface area contributed by atoms with Gasteiger partial charge in [0.1, 0.15) is 33.8 Å². The Morgan fingerprint density at radius 2 is 1.92 bits per heavy atom. The van der Waals surface area contributed by atoms with Crippen LogP contribution in [-0.4, -0.2) is 37.4 Å². The van der Waals surface area contributed by atoms with E-state index in [1.807, 2.05) is 18.2 Å². The molecule has 0 amide bonds. The number of rotatable bonds is 7. The number of aromatic nitrogens is 2. The Kier molecular flexibility index (Phi) is 5.96. The molecule has 5 nitrogen and oxygen atoms in total. The first-order valence-electron chi connectivity index (χ1n) is 8.30. The number of fused-ring (bicyclic) bond motifs is 1. The molecule has 0 aliphatic heterocycles. The lowest BCUT2D eigenvalue weighted by Crippen LogP contribution is -2.05. The molecule has 0 spiro atoms. The highest BCUT2D eigenvalue weighted by Gasteiger charge is 2.16. The van der Waals surface area contributed by atoms with Gasteiger partial charge >= 0.3 is 0 Å². The summed E-state index contributed by atoms with van der Waals surface area (Å²) in [6, 6.07) is 5.62. The van der Waals surface area contributed by atoms with Gasteiger partial charge in [0.2, 0.25) is 0 Å². The third-order valence-corrected chi connectivity index (χ3v) is 5.19. The molecule has 0 saturated heterocycles. The number of ether oxygens (including phenoxy) is 3. The molecule has 0 bridgehead atoms. The van der Waals surface area contributed by atoms with Crippen molar-refractivity contribution in [3.05, 3.63) is 34.3 Å². The Hall–Kier alpha value is -1.89. The zero-order chi connectivity index (χ0) is 18.7. The molecule has 0 saturated carbocycles. The van der Waals surface area contributed by atoms with E-state index in [1.54, 1.807) is 25.6 Å². The molecule has 0 aliphatic carbocycles. The van der Waals surface area contributed by atoms with Crippen molar-refractivity contribution in [1.29, 1.82) is 0 Å². The van der Waals surface area contributed by atoms with Crippen molar-refractivity contribution in [2.24, 2.45) is 0 Å². The van der Waals surface area contributed by atoms with Gasteiger partial charge in [-0.2, -0.15) is 0 Å². The van der Waals surface area contributed by atoms with Crippen LogP contribution in [0.15, 0.2) is 23.6 Å². The summed E-state index contributed by atoms with van der Waals surface area (Å²) in [4.78, 5) is 9.42. The van der Waals surface area contributed by atoms with Crippen LogP contribution >= 0.6 is 22.9 Å². The van der Waals surface area contributed by atoms with Gasteiger partial charge in [-0.3, -0.25) is 0 Å². The standard InChI is InChI=1S/C19H21ClN2O3S/c1-11(2)14-10-26-19(22-14)13-9-16(24-4)12-5-6-15(25-8-7-23-3)17(20)18(12)21-13/h5-6,9-11H,7-8H2,1-4H3. The molecule has 0 radical (unpaired) electrons. The van der Waals surface area contributed by atoms with E-state index in [0.29, 0.717) is 41.2 Å². The summed E-state index contributed by atoms with van der Waals surface area (Å²) < 4.78 is 16.3. The zero-order valence-electron chi connectivity index (χ0n) is 15.2. The van der Waals surface area contributed by atoms with Crippen LogP contribution in [0.1, 0.15) is 25.5 Å². The van der Waals surface area contributed by atoms with Crippen LogP contribution in [0.2, 0.25) is 5.02 Å². The molecule has 7 heteroatoms. The molecule has 3 rings (SSSR count). The van der Waals surface area contributed by atoms with E-state index >= 15 is 0 Å². The largest absolute Gasteiger partial charge is 0.496 e. The maximum absolute atomic E-state index is 6.56. The molecule has 2 heterocycles. The van der Waals surface area contributed by atoms with Crippen molar-refractivity contribution in [3.63, 3.8) is 0 Å². The Labute approximate surface area is 161 Å². The summed E-state index contributed by atoms with van der Waals surface area (Å²) in [6.07, 6.45) is 0. The van der Waals surface area contributed by atoms with Gasteiger partial charge in [0.05, 0.1) is 24.9 Å². The van der Waals surface area contributed by atoms with Gasteiger partial charge in [-0.25, -0.2) is 9.97 Å². The van der Waals surface area contributed by atoms with Crippen molar-refractivity contribution >= 4 is 33.8 Å². The summed E-state index contributed by atoms with van der Waals surface area (Å²) in [5.41, 5.74) is 2.42. The maximum Gasteiger partial charge on any atom is 0.142 e. The molecule has 0 atom stereocenters. The van der Waals surface area contributed by atoms with E-state index in [0.717, 1.165) is 21.8 Å².